The minimum atomic E-state index is -3.27. The third-order valence-electron chi connectivity index (χ3n) is 3.52. The molecule has 1 aromatic rings. The lowest BCUT2D eigenvalue weighted by molar-refractivity contribution is -0.132. The maximum absolute atomic E-state index is 11.8. The standard InChI is InChI=1S/C14H20N2O4S/c1-15(21(2,18)19)12-5-7-13(8-6-12)20-11-14(17)16-9-3-4-10-16/h5-8H,3-4,9-11H2,1-2H3. The Balaban J connectivity index is 1.92. The first-order valence-electron chi connectivity index (χ1n) is 6.82. The van der Waals surface area contributed by atoms with E-state index in [4.69, 9.17) is 4.74 Å². The smallest absolute Gasteiger partial charge is 0.260 e. The highest BCUT2D eigenvalue weighted by molar-refractivity contribution is 7.92. The van der Waals surface area contributed by atoms with Gasteiger partial charge in [-0.3, -0.25) is 9.10 Å². The highest BCUT2D eigenvalue weighted by Crippen LogP contribution is 2.20. The first-order chi connectivity index (χ1) is 9.88. The molecular formula is C14H20N2O4S. The second-order valence-electron chi connectivity index (χ2n) is 5.10. The molecule has 0 N–H and O–H groups in total. The predicted octanol–water partition coefficient (Wildman–Crippen LogP) is 1.08. The SMILES string of the molecule is CN(c1ccc(OCC(=O)N2CCCC2)cc1)S(C)(=O)=O. The zero-order chi connectivity index (χ0) is 15.5. The number of carbonyl (C=O) groups is 1. The number of nitrogens with zero attached hydrogens (tertiary/aromatic N) is 2. The molecule has 7 heteroatoms. The molecule has 0 radical (unpaired) electrons. The van der Waals surface area contributed by atoms with Crippen LogP contribution in [0.1, 0.15) is 12.8 Å². The third kappa shape index (κ3) is 4.10. The lowest BCUT2D eigenvalue weighted by atomic mass is 10.3. The van der Waals surface area contributed by atoms with Gasteiger partial charge in [-0.05, 0) is 37.1 Å². The molecule has 0 spiro atoms. The van der Waals surface area contributed by atoms with Crippen LogP contribution >= 0.6 is 0 Å². The summed E-state index contributed by atoms with van der Waals surface area (Å²) in [5, 5.41) is 0. The van der Waals surface area contributed by atoms with Gasteiger partial charge in [-0.15, -0.1) is 0 Å². The molecular weight excluding hydrogens is 292 g/mol. The number of amides is 1. The second-order valence-corrected chi connectivity index (χ2v) is 7.11. The first-order valence-corrected chi connectivity index (χ1v) is 8.67. The Hall–Kier alpha value is -1.76. The van der Waals surface area contributed by atoms with Crippen LogP contribution in [0.2, 0.25) is 0 Å². The summed E-state index contributed by atoms with van der Waals surface area (Å²) < 4.78 is 29.5. The summed E-state index contributed by atoms with van der Waals surface area (Å²) in [6.07, 6.45) is 3.25. The largest absolute Gasteiger partial charge is 0.484 e. The van der Waals surface area contributed by atoms with E-state index in [0.29, 0.717) is 11.4 Å². The van der Waals surface area contributed by atoms with Crippen molar-refractivity contribution in [2.24, 2.45) is 0 Å². The summed E-state index contributed by atoms with van der Waals surface area (Å²) in [5.41, 5.74) is 0.552. The molecule has 0 aliphatic carbocycles. The average molecular weight is 312 g/mol. The number of likely N-dealkylation sites (tertiary alicyclic amines) is 1. The number of sulfonamides is 1. The monoisotopic (exact) mass is 312 g/mol. The summed E-state index contributed by atoms with van der Waals surface area (Å²) >= 11 is 0. The quantitative estimate of drug-likeness (QED) is 0.816. The zero-order valence-corrected chi connectivity index (χ0v) is 13.1. The van der Waals surface area contributed by atoms with E-state index in [-0.39, 0.29) is 12.5 Å². The van der Waals surface area contributed by atoms with Crippen LogP contribution in [0.25, 0.3) is 0 Å². The van der Waals surface area contributed by atoms with Gasteiger partial charge in [0.2, 0.25) is 10.0 Å². The van der Waals surface area contributed by atoms with Crippen molar-refractivity contribution >= 4 is 21.6 Å². The minimum Gasteiger partial charge on any atom is -0.484 e. The highest BCUT2D eigenvalue weighted by atomic mass is 32.2. The number of anilines is 1. The summed E-state index contributed by atoms with van der Waals surface area (Å²) in [6, 6.07) is 6.62. The molecule has 1 fully saturated rings. The van der Waals surface area contributed by atoms with Gasteiger partial charge in [0.15, 0.2) is 6.61 Å². The topological polar surface area (TPSA) is 66.9 Å². The van der Waals surface area contributed by atoms with Crippen LogP contribution in [0.3, 0.4) is 0 Å². The fraction of sp³-hybridized carbons (Fsp3) is 0.500. The molecule has 0 saturated carbocycles. The summed E-state index contributed by atoms with van der Waals surface area (Å²) in [6.45, 7) is 1.63. The van der Waals surface area contributed by atoms with Gasteiger partial charge in [0.25, 0.3) is 5.91 Å². The Labute approximate surface area is 125 Å². The van der Waals surface area contributed by atoms with Crippen LogP contribution in [0.15, 0.2) is 24.3 Å². The second kappa shape index (κ2) is 6.34. The van der Waals surface area contributed by atoms with Gasteiger partial charge in [-0.25, -0.2) is 8.42 Å². The normalized spacial score (nSPS) is 15.0. The van der Waals surface area contributed by atoms with E-state index in [1.165, 1.54) is 11.4 Å². The van der Waals surface area contributed by atoms with Crippen molar-refractivity contribution in [2.75, 3.05) is 37.3 Å². The fourth-order valence-electron chi connectivity index (χ4n) is 2.15. The van der Waals surface area contributed by atoms with Crippen LogP contribution in [-0.4, -0.2) is 52.2 Å². The fourth-order valence-corrected chi connectivity index (χ4v) is 2.65. The molecule has 2 rings (SSSR count). The molecule has 1 aromatic carbocycles. The number of benzene rings is 1. The molecule has 0 bridgehead atoms. The number of ether oxygens (including phenoxy) is 1. The molecule has 1 aliphatic rings. The third-order valence-corrected chi connectivity index (χ3v) is 4.72. The maximum atomic E-state index is 11.8. The van der Waals surface area contributed by atoms with Crippen molar-refractivity contribution < 1.29 is 17.9 Å². The van der Waals surface area contributed by atoms with Gasteiger partial charge in [0.1, 0.15) is 5.75 Å². The van der Waals surface area contributed by atoms with Crippen molar-refractivity contribution in [1.29, 1.82) is 0 Å². The maximum Gasteiger partial charge on any atom is 0.260 e. The average Bonchev–Trinajstić information content (AvgIpc) is 2.98. The van der Waals surface area contributed by atoms with Crippen molar-refractivity contribution in [1.82, 2.24) is 4.90 Å². The Morgan fingerprint density at radius 3 is 2.33 bits per heavy atom. The molecule has 1 heterocycles. The molecule has 0 aromatic heterocycles. The molecule has 6 nitrogen and oxygen atoms in total. The van der Waals surface area contributed by atoms with E-state index in [2.05, 4.69) is 0 Å². The van der Waals surface area contributed by atoms with E-state index >= 15 is 0 Å². The molecule has 1 aliphatic heterocycles. The Bertz CT molecular complexity index is 592. The van der Waals surface area contributed by atoms with Gasteiger partial charge in [-0.2, -0.15) is 0 Å². The number of hydrogen-bond donors (Lipinski definition) is 0. The van der Waals surface area contributed by atoms with E-state index in [1.807, 2.05) is 0 Å². The molecule has 0 atom stereocenters. The van der Waals surface area contributed by atoms with Gasteiger partial charge in [0.05, 0.1) is 11.9 Å². The van der Waals surface area contributed by atoms with Crippen LogP contribution in [0.5, 0.6) is 5.75 Å². The van der Waals surface area contributed by atoms with Crippen molar-refractivity contribution in [3.8, 4) is 5.75 Å². The van der Waals surface area contributed by atoms with Gasteiger partial charge in [0, 0.05) is 20.1 Å². The van der Waals surface area contributed by atoms with E-state index in [0.717, 1.165) is 32.2 Å². The molecule has 1 amide bonds. The number of rotatable bonds is 5. The zero-order valence-electron chi connectivity index (χ0n) is 12.3. The number of carbonyl (C=O) groups excluding carboxylic acids is 1. The lowest BCUT2D eigenvalue weighted by Crippen LogP contribution is -2.32. The molecule has 1 saturated heterocycles. The van der Waals surface area contributed by atoms with Crippen LogP contribution < -0.4 is 9.04 Å². The molecule has 116 valence electrons. The summed E-state index contributed by atoms with van der Waals surface area (Å²) in [7, 11) is -1.79. The first kappa shape index (κ1) is 15.6. The summed E-state index contributed by atoms with van der Waals surface area (Å²) in [5.74, 6) is 0.540. The Morgan fingerprint density at radius 1 is 1.24 bits per heavy atom. The Kier molecular flexibility index (Phi) is 4.72. The van der Waals surface area contributed by atoms with E-state index in [9.17, 15) is 13.2 Å². The number of hydrogen-bond acceptors (Lipinski definition) is 4. The van der Waals surface area contributed by atoms with Crippen LogP contribution in [0, 0.1) is 0 Å². The minimum absolute atomic E-state index is 0.00942. The summed E-state index contributed by atoms with van der Waals surface area (Å²) in [4.78, 5) is 13.6. The van der Waals surface area contributed by atoms with Gasteiger partial charge >= 0.3 is 0 Å². The van der Waals surface area contributed by atoms with Crippen molar-refractivity contribution in [2.45, 2.75) is 12.8 Å². The van der Waals surface area contributed by atoms with Crippen LogP contribution in [-0.2, 0) is 14.8 Å². The Morgan fingerprint density at radius 2 is 1.81 bits per heavy atom. The highest BCUT2D eigenvalue weighted by Gasteiger charge is 2.18. The van der Waals surface area contributed by atoms with Crippen molar-refractivity contribution in [3.05, 3.63) is 24.3 Å². The molecule has 21 heavy (non-hydrogen) atoms. The van der Waals surface area contributed by atoms with Gasteiger partial charge < -0.3 is 9.64 Å². The molecule has 0 unspecified atom stereocenters. The van der Waals surface area contributed by atoms with Gasteiger partial charge in [-0.1, -0.05) is 0 Å². The van der Waals surface area contributed by atoms with Crippen LogP contribution in [0.4, 0.5) is 5.69 Å². The van der Waals surface area contributed by atoms with E-state index in [1.54, 1.807) is 29.2 Å². The lowest BCUT2D eigenvalue weighted by Gasteiger charge is -2.17. The van der Waals surface area contributed by atoms with Crippen molar-refractivity contribution in [3.63, 3.8) is 0 Å². The predicted molar refractivity (Wildman–Crippen MR) is 81.0 cm³/mol. The van der Waals surface area contributed by atoms with E-state index < -0.39 is 10.0 Å².